The lowest BCUT2D eigenvalue weighted by Crippen LogP contribution is -2.11. The van der Waals surface area contributed by atoms with Crippen LogP contribution in [0.1, 0.15) is 67.2 Å². The molecule has 1 aliphatic carbocycles. The molecule has 0 N–H and O–H groups in total. The van der Waals surface area contributed by atoms with Gasteiger partial charge in [0.05, 0.1) is 5.56 Å². The highest BCUT2D eigenvalue weighted by molar-refractivity contribution is 5.40. The van der Waals surface area contributed by atoms with Gasteiger partial charge in [0.15, 0.2) is 0 Å². The first-order valence-electron chi connectivity index (χ1n) is 10.5. The molecule has 0 spiro atoms. The van der Waals surface area contributed by atoms with Crippen molar-refractivity contribution in [3.8, 4) is 11.8 Å². The summed E-state index contributed by atoms with van der Waals surface area (Å²) >= 11 is 0. The lowest BCUT2D eigenvalue weighted by Gasteiger charge is -2.27. The summed E-state index contributed by atoms with van der Waals surface area (Å²) in [5, 5.41) is 0. The van der Waals surface area contributed by atoms with E-state index in [2.05, 4.69) is 49.1 Å². The summed E-state index contributed by atoms with van der Waals surface area (Å²) in [6.45, 7) is 2.19. The highest BCUT2D eigenvalue weighted by Crippen LogP contribution is 2.36. The molecule has 30 heavy (non-hydrogen) atoms. The molecule has 3 rings (SSSR count). The van der Waals surface area contributed by atoms with E-state index >= 15 is 0 Å². The number of alkyl halides is 3. The molecular weight excluding hydrogens is 388 g/mol. The maximum absolute atomic E-state index is 13.6. The summed E-state index contributed by atoms with van der Waals surface area (Å²) in [7, 11) is 0. The fraction of sp³-hybridized carbons (Fsp3) is 0.385. The van der Waals surface area contributed by atoms with E-state index < -0.39 is 17.6 Å². The van der Waals surface area contributed by atoms with E-state index in [1.807, 2.05) is 0 Å². The Labute approximate surface area is 176 Å². The van der Waals surface area contributed by atoms with Crippen LogP contribution >= 0.6 is 0 Å². The van der Waals surface area contributed by atoms with Gasteiger partial charge in [0.25, 0.3) is 0 Å². The van der Waals surface area contributed by atoms with Gasteiger partial charge in [-0.15, -0.1) is 0 Å². The zero-order valence-electron chi connectivity index (χ0n) is 17.1. The van der Waals surface area contributed by atoms with E-state index in [4.69, 9.17) is 0 Å². The van der Waals surface area contributed by atoms with Crippen LogP contribution in [0.2, 0.25) is 0 Å². The number of aryl methyl sites for hydroxylation is 1. The minimum absolute atomic E-state index is 0.236. The van der Waals surface area contributed by atoms with Crippen molar-refractivity contribution in [1.29, 1.82) is 0 Å². The first-order chi connectivity index (χ1) is 14.4. The van der Waals surface area contributed by atoms with Crippen LogP contribution in [0.25, 0.3) is 0 Å². The Hall–Kier alpha value is -2.54. The predicted molar refractivity (Wildman–Crippen MR) is 113 cm³/mol. The molecular formula is C26H26F4. The van der Waals surface area contributed by atoms with E-state index in [1.165, 1.54) is 17.2 Å². The topological polar surface area (TPSA) is 0 Å². The molecule has 0 unspecified atom stereocenters. The van der Waals surface area contributed by atoms with Gasteiger partial charge >= 0.3 is 6.18 Å². The van der Waals surface area contributed by atoms with Crippen molar-refractivity contribution in [3.63, 3.8) is 0 Å². The Kier molecular flexibility index (Phi) is 7.37. The van der Waals surface area contributed by atoms with Crippen LogP contribution in [0.15, 0.2) is 54.6 Å². The van der Waals surface area contributed by atoms with Gasteiger partial charge in [-0.05, 0) is 79.3 Å². The second-order valence-corrected chi connectivity index (χ2v) is 7.92. The Morgan fingerprint density at radius 3 is 2.30 bits per heavy atom. The van der Waals surface area contributed by atoms with Gasteiger partial charge in [0, 0.05) is 5.56 Å². The zero-order valence-corrected chi connectivity index (χ0v) is 17.1. The Morgan fingerprint density at radius 2 is 1.70 bits per heavy atom. The summed E-state index contributed by atoms with van der Waals surface area (Å²) in [5.41, 5.74) is 1.78. The molecule has 0 aromatic heterocycles. The van der Waals surface area contributed by atoms with Crippen LogP contribution in [0.5, 0.6) is 0 Å². The summed E-state index contributed by atoms with van der Waals surface area (Å²) in [5.74, 6) is 5.30. The van der Waals surface area contributed by atoms with Crippen molar-refractivity contribution < 1.29 is 17.6 Å². The van der Waals surface area contributed by atoms with Gasteiger partial charge in [-0.25, -0.2) is 4.39 Å². The number of hydrogen-bond donors (Lipinski definition) is 0. The molecule has 0 radical (unpaired) electrons. The first-order valence-corrected chi connectivity index (χ1v) is 10.5. The van der Waals surface area contributed by atoms with Crippen LogP contribution in [0.4, 0.5) is 17.6 Å². The first kappa shape index (κ1) is 22.2. The molecule has 0 saturated heterocycles. The fourth-order valence-corrected chi connectivity index (χ4v) is 4.02. The number of hydrogen-bond acceptors (Lipinski definition) is 0. The van der Waals surface area contributed by atoms with Crippen molar-refractivity contribution >= 4 is 0 Å². The molecule has 0 amide bonds. The third kappa shape index (κ3) is 5.98. The van der Waals surface area contributed by atoms with Gasteiger partial charge in [0.1, 0.15) is 5.82 Å². The molecule has 2 aromatic rings. The number of benzene rings is 2. The molecule has 1 fully saturated rings. The maximum atomic E-state index is 13.6. The van der Waals surface area contributed by atoms with Crippen LogP contribution < -0.4 is 0 Å². The highest BCUT2D eigenvalue weighted by Gasteiger charge is 2.33. The van der Waals surface area contributed by atoms with Gasteiger partial charge in [-0.2, -0.15) is 13.2 Å². The van der Waals surface area contributed by atoms with Crippen LogP contribution in [0.3, 0.4) is 0 Å². The predicted octanol–water partition coefficient (Wildman–Crippen LogP) is 7.68. The molecule has 0 aliphatic heterocycles. The van der Waals surface area contributed by atoms with E-state index in [-0.39, 0.29) is 5.56 Å². The molecule has 0 heterocycles. The van der Waals surface area contributed by atoms with E-state index in [1.54, 1.807) is 6.08 Å². The average molecular weight is 414 g/mol. The van der Waals surface area contributed by atoms with Crippen molar-refractivity contribution in [2.45, 2.75) is 57.5 Å². The Bertz CT molecular complexity index is 918. The van der Waals surface area contributed by atoms with Crippen LogP contribution in [-0.4, -0.2) is 0 Å². The second kappa shape index (κ2) is 9.98. The number of allylic oxidation sites excluding steroid dienone is 2. The molecule has 1 aliphatic rings. The minimum atomic E-state index is -4.69. The quantitative estimate of drug-likeness (QED) is 0.355. The van der Waals surface area contributed by atoms with E-state index in [0.29, 0.717) is 11.8 Å². The summed E-state index contributed by atoms with van der Waals surface area (Å²) in [6.07, 6.45) is 5.86. The second-order valence-electron chi connectivity index (χ2n) is 7.92. The average Bonchev–Trinajstić information content (AvgIpc) is 2.72. The lowest BCUT2D eigenvalue weighted by molar-refractivity contribution is -0.140. The summed E-state index contributed by atoms with van der Waals surface area (Å²) in [6, 6.07) is 11.8. The smallest absolute Gasteiger partial charge is 0.206 e. The molecule has 0 bridgehead atoms. The van der Waals surface area contributed by atoms with Gasteiger partial charge < -0.3 is 0 Å². The highest BCUT2D eigenvalue weighted by atomic mass is 19.4. The molecule has 0 nitrogen and oxygen atoms in total. The lowest BCUT2D eigenvalue weighted by atomic mass is 9.78. The van der Waals surface area contributed by atoms with Crippen molar-refractivity contribution in [1.82, 2.24) is 0 Å². The van der Waals surface area contributed by atoms with E-state index in [0.717, 1.165) is 50.7 Å². The zero-order chi connectivity index (χ0) is 21.6. The largest absolute Gasteiger partial charge is 0.419 e. The Balaban J connectivity index is 1.51. The minimum Gasteiger partial charge on any atom is -0.206 e. The molecule has 158 valence electrons. The number of halogens is 4. The molecule has 1 saturated carbocycles. The van der Waals surface area contributed by atoms with Crippen molar-refractivity contribution in [2.75, 3.05) is 0 Å². The SMILES string of the molecule is CCCc1ccc([C@H]2CC[C@H](/C=C/C#Cc3ccc(C(F)(F)F)c(F)c3)CC2)cc1. The third-order valence-electron chi connectivity index (χ3n) is 5.70. The molecule has 4 heteroatoms. The summed E-state index contributed by atoms with van der Waals surface area (Å²) < 4.78 is 51.3. The monoisotopic (exact) mass is 414 g/mol. The van der Waals surface area contributed by atoms with Gasteiger partial charge in [-0.1, -0.05) is 55.5 Å². The molecule has 2 aromatic carbocycles. The van der Waals surface area contributed by atoms with Gasteiger partial charge in [0.2, 0.25) is 0 Å². The number of rotatable bonds is 4. The van der Waals surface area contributed by atoms with Crippen molar-refractivity contribution in [3.05, 3.63) is 82.7 Å². The van der Waals surface area contributed by atoms with E-state index in [9.17, 15) is 17.6 Å². The third-order valence-corrected chi connectivity index (χ3v) is 5.70. The van der Waals surface area contributed by atoms with Gasteiger partial charge in [-0.3, -0.25) is 0 Å². The Morgan fingerprint density at radius 1 is 1.00 bits per heavy atom. The van der Waals surface area contributed by atoms with Crippen LogP contribution in [-0.2, 0) is 12.6 Å². The van der Waals surface area contributed by atoms with Crippen LogP contribution in [0, 0.1) is 23.6 Å². The fourth-order valence-electron chi connectivity index (χ4n) is 4.02. The molecule has 0 atom stereocenters. The standard InChI is InChI=1S/C26H26F4/c1-2-5-19-8-13-22(14-9-19)23-15-10-20(11-16-23)6-3-4-7-21-12-17-24(25(27)18-21)26(28,29)30/h3,6,8-9,12-14,17-18,20,23H,2,5,10-11,15-16H2,1H3/b6-3+/t20-,23-. The normalized spacial score (nSPS) is 19.5. The van der Waals surface area contributed by atoms with Crippen molar-refractivity contribution in [2.24, 2.45) is 5.92 Å². The maximum Gasteiger partial charge on any atom is 0.419 e. The summed E-state index contributed by atoms with van der Waals surface area (Å²) in [4.78, 5) is 0.